The van der Waals surface area contributed by atoms with E-state index in [2.05, 4.69) is 10.1 Å². The third kappa shape index (κ3) is 2.28. The maximum atomic E-state index is 11.6. The fourth-order valence-corrected chi connectivity index (χ4v) is 3.05. The third-order valence-corrected chi connectivity index (χ3v) is 4.22. The predicted molar refractivity (Wildman–Crippen MR) is 63.6 cm³/mol. The Labute approximate surface area is 102 Å². The van der Waals surface area contributed by atoms with Crippen molar-refractivity contribution in [3.63, 3.8) is 0 Å². The second kappa shape index (κ2) is 4.63. The van der Waals surface area contributed by atoms with Gasteiger partial charge in [0.2, 0.25) is 0 Å². The van der Waals surface area contributed by atoms with Gasteiger partial charge in [-0.2, -0.15) is 14.8 Å². The molecule has 0 amide bonds. The van der Waals surface area contributed by atoms with Crippen LogP contribution >= 0.6 is 11.8 Å². The summed E-state index contributed by atoms with van der Waals surface area (Å²) in [6.45, 7) is 1.54. The molecule has 2 rings (SSSR count). The minimum Gasteiger partial charge on any atom is -0.395 e. The number of nitrogen functional groups attached to an aromatic ring is 1. The number of thioether (sulfide) groups is 1. The average molecular weight is 258 g/mol. The van der Waals surface area contributed by atoms with Gasteiger partial charge in [0.15, 0.2) is 5.82 Å². The van der Waals surface area contributed by atoms with E-state index in [9.17, 15) is 9.90 Å². The number of hydrogen-bond acceptors (Lipinski definition) is 7. The fraction of sp³-hybridized carbons (Fsp3) is 0.667. The maximum absolute atomic E-state index is 11.6. The summed E-state index contributed by atoms with van der Waals surface area (Å²) in [5.74, 6) is 0.119. The van der Waals surface area contributed by atoms with Crippen LogP contribution in [0.3, 0.4) is 0 Å². The Balaban J connectivity index is 2.30. The number of nitrogens with zero attached hydrogens (tertiary/aromatic N) is 3. The molecule has 0 aliphatic carbocycles. The minimum atomic E-state index is -0.637. The van der Waals surface area contributed by atoms with Gasteiger partial charge < -0.3 is 15.9 Å². The van der Waals surface area contributed by atoms with Crippen LogP contribution in [-0.2, 0) is 0 Å². The molecular weight excluding hydrogens is 244 g/mol. The topological polar surface area (TPSA) is 114 Å². The maximum Gasteiger partial charge on any atom is 0.367 e. The van der Waals surface area contributed by atoms with Gasteiger partial charge in [-0.15, -0.1) is 11.8 Å². The van der Waals surface area contributed by atoms with Gasteiger partial charge >= 0.3 is 5.69 Å². The van der Waals surface area contributed by atoms with E-state index < -0.39 is 11.8 Å². The van der Waals surface area contributed by atoms with Crippen LogP contribution in [-0.4, -0.2) is 42.9 Å². The lowest BCUT2D eigenvalue weighted by atomic mass is 10.2. The minimum absolute atomic E-state index is 0.119. The predicted octanol–water partition coefficient (Wildman–Crippen LogP) is -1.11. The lowest BCUT2D eigenvalue weighted by molar-refractivity contribution is 0.136. The highest BCUT2D eigenvalue weighted by atomic mass is 32.2. The van der Waals surface area contributed by atoms with Crippen molar-refractivity contribution in [3.05, 3.63) is 16.2 Å². The molecule has 0 spiro atoms. The average Bonchev–Trinajstić information content (AvgIpc) is 2.65. The normalized spacial score (nSPS) is 28.5. The van der Waals surface area contributed by atoms with E-state index in [1.165, 1.54) is 16.4 Å². The molecule has 0 aromatic carbocycles. The van der Waals surface area contributed by atoms with Gasteiger partial charge in [-0.05, 0) is 6.92 Å². The summed E-state index contributed by atoms with van der Waals surface area (Å²) in [6, 6.07) is 0. The van der Waals surface area contributed by atoms with Crippen molar-refractivity contribution in [2.75, 3.05) is 12.3 Å². The molecule has 17 heavy (non-hydrogen) atoms. The van der Waals surface area contributed by atoms with Gasteiger partial charge in [0.25, 0.3) is 0 Å². The summed E-state index contributed by atoms with van der Waals surface area (Å²) < 4.78 is 1.22. The summed E-state index contributed by atoms with van der Waals surface area (Å²) in [4.78, 5) is 15.3. The van der Waals surface area contributed by atoms with Gasteiger partial charge in [0.05, 0.1) is 18.0 Å². The number of nitrogens with two attached hydrogens (primary N) is 1. The molecule has 1 aliphatic heterocycles. The molecule has 3 atom stereocenters. The number of rotatable bonds is 2. The van der Waals surface area contributed by atoms with Crippen LogP contribution in [0.25, 0.3) is 0 Å². The molecule has 94 valence electrons. The molecule has 0 bridgehead atoms. The molecule has 0 radical (unpaired) electrons. The van der Waals surface area contributed by atoms with Crippen molar-refractivity contribution in [1.29, 1.82) is 0 Å². The van der Waals surface area contributed by atoms with Crippen LogP contribution in [0.1, 0.15) is 17.5 Å². The van der Waals surface area contributed by atoms with Crippen molar-refractivity contribution in [2.24, 2.45) is 0 Å². The Hall–Kier alpha value is -1.12. The van der Waals surface area contributed by atoms with E-state index in [1.807, 2.05) is 0 Å². The van der Waals surface area contributed by atoms with Crippen molar-refractivity contribution in [3.8, 4) is 0 Å². The van der Waals surface area contributed by atoms with E-state index in [-0.39, 0.29) is 23.0 Å². The first-order valence-electron chi connectivity index (χ1n) is 5.20. The Morgan fingerprint density at radius 1 is 1.65 bits per heavy atom. The molecule has 0 saturated carbocycles. The summed E-state index contributed by atoms with van der Waals surface area (Å²) in [5, 5.41) is 22.2. The first-order valence-corrected chi connectivity index (χ1v) is 6.14. The first kappa shape index (κ1) is 12.3. The number of anilines is 1. The highest BCUT2D eigenvalue weighted by molar-refractivity contribution is 8.00. The standard InChI is InChI=1S/C9H14N4O3S/c1-4-8(10)11-9(16)13(12-4)7-2-5(15)6(3-14)17-7/h5-7,14-15H,2-3H2,1H3,(H2,10,11,16)/t5-,6+,7+/m0/s1. The monoisotopic (exact) mass is 258 g/mol. The zero-order chi connectivity index (χ0) is 12.6. The lowest BCUT2D eigenvalue weighted by Crippen LogP contribution is -2.29. The zero-order valence-corrected chi connectivity index (χ0v) is 10.1. The van der Waals surface area contributed by atoms with Crippen LogP contribution in [0.2, 0.25) is 0 Å². The first-order chi connectivity index (χ1) is 8.02. The highest BCUT2D eigenvalue weighted by Crippen LogP contribution is 2.40. The van der Waals surface area contributed by atoms with Crippen molar-refractivity contribution < 1.29 is 10.2 Å². The van der Waals surface area contributed by atoms with Crippen LogP contribution in [0, 0.1) is 6.92 Å². The van der Waals surface area contributed by atoms with Gasteiger partial charge in [-0.1, -0.05) is 0 Å². The summed E-state index contributed by atoms with van der Waals surface area (Å²) in [6.07, 6.45) is -0.269. The van der Waals surface area contributed by atoms with Crippen LogP contribution in [0.4, 0.5) is 5.82 Å². The Bertz CT molecular complexity index is 478. The van der Waals surface area contributed by atoms with E-state index in [4.69, 9.17) is 10.8 Å². The van der Waals surface area contributed by atoms with Crippen LogP contribution in [0.5, 0.6) is 0 Å². The molecule has 7 nitrogen and oxygen atoms in total. The third-order valence-electron chi connectivity index (χ3n) is 2.70. The van der Waals surface area contributed by atoms with Gasteiger partial charge in [-0.3, -0.25) is 0 Å². The van der Waals surface area contributed by atoms with Crippen molar-refractivity contribution in [2.45, 2.75) is 30.1 Å². The molecule has 0 unspecified atom stereocenters. The second-order valence-electron chi connectivity index (χ2n) is 3.92. The molecule has 8 heteroatoms. The summed E-state index contributed by atoms with van der Waals surface area (Å²) in [7, 11) is 0. The number of aliphatic hydroxyl groups excluding tert-OH is 2. The number of aryl methyl sites for hydroxylation is 1. The second-order valence-corrected chi connectivity index (χ2v) is 5.35. The van der Waals surface area contributed by atoms with Crippen molar-refractivity contribution >= 4 is 17.6 Å². The quantitative estimate of drug-likeness (QED) is 0.616. The Kier molecular flexibility index (Phi) is 3.36. The largest absolute Gasteiger partial charge is 0.395 e. The molecule has 1 saturated heterocycles. The molecule has 2 heterocycles. The molecule has 1 aromatic heterocycles. The van der Waals surface area contributed by atoms with Crippen LogP contribution < -0.4 is 11.4 Å². The van der Waals surface area contributed by atoms with E-state index in [0.29, 0.717) is 12.1 Å². The van der Waals surface area contributed by atoms with Gasteiger partial charge in [-0.25, -0.2) is 4.79 Å². The molecule has 1 aromatic rings. The Morgan fingerprint density at radius 3 is 2.94 bits per heavy atom. The summed E-state index contributed by atoms with van der Waals surface area (Å²) >= 11 is 1.32. The molecule has 1 fully saturated rings. The van der Waals surface area contributed by atoms with Gasteiger partial charge in [0, 0.05) is 6.42 Å². The number of hydrogen-bond donors (Lipinski definition) is 3. The fourth-order valence-electron chi connectivity index (χ4n) is 1.71. The number of aromatic nitrogens is 3. The highest BCUT2D eigenvalue weighted by Gasteiger charge is 2.35. The van der Waals surface area contributed by atoms with Gasteiger partial charge in [0.1, 0.15) is 11.1 Å². The molecule has 1 aliphatic rings. The Morgan fingerprint density at radius 2 is 2.35 bits per heavy atom. The van der Waals surface area contributed by atoms with Crippen molar-refractivity contribution in [1.82, 2.24) is 14.8 Å². The SMILES string of the molecule is Cc1nn([C@H]2C[C@H](O)[C@@H](CO)S2)c(=O)nc1N. The summed E-state index contributed by atoms with van der Waals surface area (Å²) in [5.41, 5.74) is 5.43. The van der Waals surface area contributed by atoms with E-state index in [0.717, 1.165) is 0 Å². The van der Waals surface area contributed by atoms with Crippen LogP contribution in [0.15, 0.2) is 4.79 Å². The lowest BCUT2D eigenvalue weighted by Gasteiger charge is -2.12. The molecule has 4 N–H and O–H groups in total. The zero-order valence-electron chi connectivity index (χ0n) is 9.28. The smallest absolute Gasteiger partial charge is 0.367 e. The number of aliphatic hydroxyl groups is 2. The van der Waals surface area contributed by atoms with E-state index >= 15 is 0 Å². The molecular formula is C9H14N4O3S. The van der Waals surface area contributed by atoms with E-state index in [1.54, 1.807) is 6.92 Å².